The molecule has 0 aromatic carbocycles. The van der Waals surface area contributed by atoms with E-state index in [1.807, 2.05) is 0 Å². The monoisotopic (exact) mass is 279 g/mol. The maximum atomic E-state index is 11.2. The number of hydrogen-bond donors (Lipinski definition) is 1. The molecule has 0 aliphatic carbocycles. The van der Waals surface area contributed by atoms with Crippen molar-refractivity contribution in [2.45, 2.75) is 26.3 Å². The van der Waals surface area contributed by atoms with Crippen LogP contribution in [0.15, 0.2) is 0 Å². The summed E-state index contributed by atoms with van der Waals surface area (Å²) in [7, 11) is -2.78. The van der Waals surface area contributed by atoms with Crippen molar-refractivity contribution in [3.05, 3.63) is 0 Å². The van der Waals surface area contributed by atoms with Crippen LogP contribution in [0.2, 0.25) is 0 Å². The second-order valence-corrected chi connectivity index (χ2v) is 7.36. The first-order valence-electron chi connectivity index (χ1n) is 6.59. The molecule has 1 atom stereocenters. The van der Waals surface area contributed by atoms with Crippen molar-refractivity contribution in [2.24, 2.45) is 5.92 Å². The van der Waals surface area contributed by atoms with E-state index in [9.17, 15) is 8.42 Å². The molecule has 1 N–H and O–H groups in total. The van der Waals surface area contributed by atoms with Crippen molar-refractivity contribution >= 4 is 9.84 Å². The maximum absolute atomic E-state index is 11.2. The van der Waals surface area contributed by atoms with Crippen molar-refractivity contribution in [3.8, 4) is 0 Å². The van der Waals surface area contributed by atoms with E-state index >= 15 is 0 Å². The Labute approximate surface area is 110 Å². The minimum Gasteiger partial charge on any atom is -0.379 e. The third kappa shape index (κ3) is 7.31. The van der Waals surface area contributed by atoms with E-state index in [1.165, 1.54) is 0 Å². The van der Waals surface area contributed by atoms with Crippen molar-refractivity contribution in [1.82, 2.24) is 5.32 Å². The first-order chi connectivity index (χ1) is 8.49. The highest BCUT2D eigenvalue weighted by atomic mass is 32.2. The van der Waals surface area contributed by atoms with Crippen molar-refractivity contribution in [1.29, 1.82) is 0 Å². The molecule has 0 spiro atoms. The third-order valence-electron chi connectivity index (χ3n) is 2.74. The van der Waals surface area contributed by atoms with E-state index in [4.69, 9.17) is 9.47 Å². The summed E-state index contributed by atoms with van der Waals surface area (Å²) < 4.78 is 33.2. The Morgan fingerprint density at radius 1 is 1.22 bits per heavy atom. The summed E-state index contributed by atoms with van der Waals surface area (Å²) in [6.45, 7) is 7.50. The average molecular weight is 279 g/mol. The van der Waals surface area contributed by atoms with Crippen molar-refractivity contribution < 1.29 is 17.9 Å². The summed E-state index contributed by atoms with van der Waals surface area (Å²) in [5, 5.41) is 3.20. The van der Waals surface area contributed by atoms with Gasteiger partial charge < -0.3 is 14.8 Å². The van der Waals surface area contributed by atoms with Crippen LogP contribution in [0.4, 0.5) is 0 Å². The van der Waals surface area contributed by atoms with E-state index in [2.05, 4.69) is 19.2 Å². The van der Waals surface area contributed by atoms with E-state index in [-0.39, 0.29) is 11.8 Å². The lowest BCUT2D eigenvalue weighted by atomic mass is 10.2. The zero-order valence-corrected chi connectivity index (χ0v) is 12.2. The molecule has 0 radical (unpaired) electrons. The Morgan fingerprint density at radius 3 is 2.56 bits per heavy atom. The first-order valence-corrected chi connectivity index (χ1v) is 8.41. The fraction of sp³-hybridized carbons (Fsp3) is 1.00. The van der Waals surface area contributed by atoms with Crippen LogP contribution >= 0.6 is 0 Å². The van der Waals surface area contributed by atoms with Gasteiger partial charge in [-0.1, -0.05) is 13.8 Å². The van der Waals surface area contributed by atoms with Crippen LogP contribution in [-0.2, 0) is 19.3 Å². The Hall–Kier alpha value is -0.170. The molecule has 1 unspecified atom stereocenters. The van der Waals surface area contributed by atoms with Crippen molar-refractivity contribution in [2.75, 3.05) is 44.5 Å². The molecule has 5 nitrogen and oxygen atoms in total. The van der Waals surface area contributed by atoms with Gasteiger partial charge in [-0.3, -0.25) is 0 Å². The molecule has 0 aromatic rings. The van der Waals surface area contributed by atoms with Gasteiger partial charge in [-0.05, 0) is 12.3 Å². The highest BCUT2D eigenvalue weighted by Gasteiger charge is 2.26. The third-order valence-corrected chi connectivity index (χ3v) is 4.50. The highest BCUT2D eigenvalue weighted by Crippen LogP contribution is 2.10. The van der Waals surface area contributed by atoms with Gasteiger partial charge in [-0.15, -0.1) is 0 Å². The standard InChI is InChI=1S/C12H25NO4S/c1-11(2)9-17-7-6-16-5-4-13-12-3-8-18(14,15)10-12/h11-13H,3-10H2,1-2H3. The topological polar surface area (TPSA) is 64.6 Å². The maximum Gasteiger partial charge on any atom is 0.151 e. The Bertz CT molecular complexity index is 316. The molecule has 0 aromatic heterocycles. The Morgan fingerprint density at radius 2 is 1.94 bits per heavy atom. The molecule has 6 heteroatoms. The van der Waals surface area contributed by atoms with E-state index in [0.29, 0.717) is 38.0 Å². The lowest BCUT2D eigenvalue weighted by molar-refractivity contribution is 0.0384. The first kappa shape index (κ1) is 15.9. The molecule has 0 amide bonds. The summed E-state index contributed by atoms with van der Waals surface area (Å²) >= 11 is 0. The predicted molar refractivity (Wildman–Crippen MR) is 71.5 cm³/mol. The molecular weight excluding hydrogens is 254 g/mol. The van der Waals surface area contributed by atoms with Crippen molar-refractivity contribution in [3.63, 3.8) is 0 Å². The molecule has 0 bridgehead atoms. The summed E-state index contributed by atoms with van der Waals surface area (Å²) in [5.41, 5.74) is 0. The van der Waals surface area contributed by atoms with Gasteiger partial charge in [0.05, 0.1) is 31.3 Å². The van der Waals surface area contributed by atoms with Gasteiger partial charge in [0.25, 0.3) is 0 Å². The second-order valence-electron chi connectivity index (χ2n) is 5.14. The minimum atomic E-state index is -2.78. The molecule has 0 saturated carbocycles. The summed E-state index contributed by atoms with van der Waals surface area (Å²) in [5.74, 6) is 1.13. The van der Waals surface area contributed by atoms with Crippen LogP contribution in [0.3, 0.4) is 0 Å². The molecular formula is C12H25NO4S. The van der Waals surface area contributed by atoms with Gasteiger partial charge >= 0.3 is 0 Å². The zero-order valence-electron chi connectivity index (χ0n) is 11.4. The van der Waals surface area contributed by atoms with Gasteiger partial charge in [0.15, 0.2) is 9.84 Å². The van der Waals surface area contributed by atoms with Gasteiger partial charge in [0.1, 0.15) is 0 Å². The molecule has 1 saturated heterocycles. The van der Waals surface area contributed by atoms with E-state index < -0.39 is 9.84 Å². The average Bonchev–Trinajstić information content (AvgIpc) is 2.62. The van der Waals surface area contributed by atoms with Gasteiger partial charge in [0.2, 0.25) is 0 Å². The lowest BCUT2D eigenvalue weighted by Gasteiger charge is -2.11. The number of ether oxygens (including phenoxy) is 2. The lowest BCUT2D eigenvalue weighted by Crippen LogP contribution is -2.33. The highest BCUT2D eigenvalue weighted by molar-refractivity contribution is 7.91. The molecule has 1 heterocycles. The van der Waals surface area contributed by atoms with Gasteiger partial charge in [-0.2, -0.15) is 0 Å². The number of sulfone groups is 1. The van der Waals surface area contributed by atoms with Crippen LogP contribution in [0.5, 0.6) is 0 Å². The van der Waals surface area contributed by atoms with E-state index in [0.717, 1.165) is 13.0 Å². The van der Waals surface area contributed by atoms with Gasteiger partial charge in [-0.25, -0.2) is 8.42 Å². The fourth-order valence-corrected chi connectivity index (χ4v) is 3.54. The molecule has 1 fully saturated rings. The molecule has 1 aliphatic rings. The summed E-state index contributed by atoms with van der Waals surface area (Å²) in [6.07, 6.45) is 0.722. The largest absolute Gasteiger partial charge is 0.379 e. The predicted octanol–water partition coefficient (Wildman–Crippen LogP) is 0.452. The summed E-state index contributed by atoms with van der Waals surface area (Å²) in [6, 6.07) is 0.107. The molecule has 108 valence electrons. The Balaban J connectivity index is 1.87. The SMILES string of the molecule is CC(C)COCCOCCNC1CCS(=O)(=O)C1. The van der Waals surface area contributed by atoms with Crippen LogP contribution in [0.1, 0.15) is 20.3 Å². The van der Waals surface area contributed by atoms with Crippen LogP contribution < -0.4 is 5.32 Å². The number of nitrogens with one attached hydrogen (secondary N) is 1. The summed E-state index contributed by atoms with van der Waals surface area (Å²) in [4.78, 5) is 0. The van der Waals surface area contributed by atoms with Crippen LogP contribution in [-0.4, -0.2) is 58.9 Å². The zero-order chi connectivity index (χ0) is 13.4. The molecule has 1 aliphatic heterocycles. The molecule has 18 heavy (non-hydrogen) atoms. The van der Waals surface area contributed by atoms with Crippen LogP contribution in [0.25, 0.3) is 0 Å². The Kier molecular flexibility index (Phi) is 7.14. The minimum absolute atomic E-state index is 0.107. The number of hydrogen-bond acceptors (Lipinski definition) is 5. The van der Waals surface area contributed by atoms with Gasteiger partial charge in [0, 0.05) is 19.2 Å². The van der Waals surface area contributed by atoms with E-state index in [1.54, 1.807) is 0 Å². The fourth-order valence-electron chi connectivity index (χ4n) is 1.83. The quantitative estimate of drug-likeness (QED) is 0.621. The number of rotatable bonds is 9. The second kappa shape index (κ2) is 8.09. The van der Waals surface area contributed by atoms with Crippen LogP contribution in [0, 0.1) is 5.92 Å². The smallest absolute Gasteiger partial charge is 0.151 e. The normalized spacial score (nSPS) is 22.7. The molecule has 1 rings (SSSR count).